The summed E-state index contributed by atoms with van der Waals surface area (Å²) in [5, 5.41) is 4.73. The van der Waals surface area contributed by atoms with Gasteiger partial charge in [-0.25, -0.2) is 8.78 Å². The molecule has 0 fully saturated rings. The van der Waals surface area contributed by atoms with E-state index in [2.05, 4.69) is 15.4 Å². The van der Waals surface area contributed by atoms with Crippen LogP contribution in [0.1, 0.15) is 24.2 Å². The molecule has 0 radical (unpaired) electrons. The van der Waals surface area contributed by atoms with E-state index >= 15 is 0 Å². The number of hydrogen-bond donors (Lipinski definition) is 2. The molecule has 2 rings (SSSR count). The second-order valence-electron chi connectivity index (χ2n) is 6.18. The molecule has 0 unspecified atom stereocenters. The monoisotopic (exact) mass is 414 g/mol. The molecule has 2 aromatic carbocycles. The van der Waals surface area contributed by atoms with E-state index in [1.807, 2.05) is 0 Å². The molecule has 2 amide bonds. The zero-order valence-corrected chi connectivity index (χ0v) is 16.0. The van der Waals surface area contributed by atoms with Crippen LogP contribution >= 0.6 is 0 Å². The molecular weight excluding hydrogens is 396 g/mol. The summed E-state index contributed by atoms with van der Waals surface area (Å²) < 4.78 is 65.2. The van der Waals surface area contributed by atoms with Crippen LogP contribution in [0, 0.1) is 29.2 Å². The molecule has 2 aromatic rings. The number of amides is 2. The lowest BCUT2D eigenvalue weighted by molar-refractivity contribution is -0.118. The molecule has 0 saturated heterocycles. The van der Waals surface area contributed by atoms with Crippen LogP contribution in [0.25, 0.3) is 0 Å². The minimum absolute atomic E-state index is 0.00447. The lowest BCUT2D eigenvalue weighted by atomic mass is 10.1. The van der Waals surface area contributed by atoms with Crippen molar-refractivity contribution in [2.24, 2.45) is 5.92 Å². The highest BCUT2D eigenvalue weighted by molar-refractivity contribution is 6.05. The number of methoxy groups -OCH3 is 2. The molecule has 0 aliphatic heterocycles. The molecule has 0 heterocycles. The van der Waals surface area contributed by atoms with Crippen molar-refractivity contribution >= 4 is 23.2 Å². The Kier molecular flexibility index (Phi) is 6.68. The Bertz CT molecular complexity index is 935. The zero-order valence-electron chi connectivity index (χ0n) is 16.0. The maximum atomic E-state index is 14.1. The molecule has 156 valence electrons. The predicted molar refractivity (Wildman–Crippen MR) is 97.2 cm³/mol. The highest BCUT2D eigenvalue weighted by Crippen LogP contribution is 2.32. The molecule has 0 bridgehead atoms. The molecule has 0 saturated carbocycles. The Hall–Kier alpha value is -3.30. The standard InChI is InChI=1S/C19H18F4N2O4/c1-8(2)18(26)25-10-6-5-9(7-11(10)28-3)24-19(27)12-13(20)15(22)17(29-4)16(23)14(12)21/h5-8H,1-4H3,(H,24,27)(H,25,26). The molecule has 0 atom stereocenters. The summed E-state index contributed by atoms with van der Waals surface area (Å²) in [6.07, 6.45) is 0. The van der Waals surface area contributed by atoms with Crippen molar-refractivity contribution in [3.63, 3.8) is 0 Å². The fourth-order valence-electron chi connectivity index (χ4n) is 2.33. The predicted octanol–water partition coefficient (Wildman–Crippen LogP) is 4.11. The van der Waals surface area contributed by atoms with Crippen LogP contribution in [0.4, 0.5) is 28.9 Å². The highest BCUT2D eigenvalue weighted by Gasteiger charge is 2.30. The Morgan fingerprint density at radius 1 is 0.897 bits per heavy atom. The smallest absolute Gasteiger partial charge is 0.261 e. The molecular formula is C19H18F4N2O4. The largest absolute Gasteiger partial charge is 0.494 e. The molecule has 0 aliphatic carbocycles. The fraction of sp³-hybridized carbons (Fsp3) is 0.263. The van der Waals surface area contributed by atoms with Crippen LogP contribution in [0.15, 0.2) is 18.2 Å². The number of benzene rings is 2. The van der Waals surface area contributed by atoms with Crippen LogP contribution in [-0.4, -0.2) is 26.0 Å². The average Bonchev–Trinajstić information content (AvgIpc) is 2.68. The van der Waals surface area contributed by atoms with Gasteiger partial charge in [-0.05, 0) is 12.1 Å². The van der Waals surface area contributed by atoms with Gasteiger partial charge < -0.3 is 20.1 Å². The SMILES string of the molecule is COc1cc(NC(=O)c2c(F)c(F)c(OC)c(F)c2F)ccc1NC(=O)C(C)C. The summed E-state index contributed by atoms with van der Waals surface area (Å²) in [6.45, 7) is 3.37. The van der Waals surface area contributed by atoms with Gasteiger partial charge >= 0.3 is 0 Å². The van der Waals surface area contributed by atoms with Crippen LogP contribution in [0.5, 0.6) is 11.5 Å². The number of carbonyl (C=O) groups excluding carboxylic acids is 2. The quantitative estimate of drug-likeness (QED) is 0.551. The number of nitrogens with one attached hydrogen (secondary N) is 2. The fourth-order valence-corrected chi connectivity index (χ4v) is 2.33. The summed E-state index contributed by atoms with van der Waals surface area (Å²) in [5.41, 5.74) is -1.15. The van der Waals surface area contributed by atoms with E-state index < -0.39 is 40.5 Å². The van der Waals surface area contributed by atoms with Crippen molar-refractivity contribution in [1.29, 1.82) is 0 Å². The number of rotatable bonds is 6. The number of carbonyl (C=O) groups is 2. The van der Waals surface area contributed by atoms with Gasteiger partial charge in [0, 0.05) is 17.7 Å². The van der Waals surface area contributed by atoms with Gasteiger partial charge in [0.05, 0.1) is 19.9 Å². The van der Waals surface area contributed by atoms with Gasteiger partial charge in [0.15, 0.2) is 17.4 Å². The lowest BCUT2D eigenvalue weighted by Gasteiger charge is -2.14. The Balaban J connectivity index is 2.36. The van der Waals surface area contributed by atoms with E-state index in [9.17, 15) is 27.2 Å². The molecule has 2 N–H and O–H groups in total. The third-order valence-electron chi connectivity index (χ3n) is 3.90. The van der Waals surface area contributed by atoms with Crippen LogP contribution in [-0.2, 0) is 4.79 Å². The van der Waals surface area contributed by atoms with E-state index in [1.165, 1.54) is 25.3 Å². The lowest BCUT2D eigenvalue weighted by Crippen LogP contribution is -2.20. The minimum atomic E-state index is -1.90. The summed E-state index contributed by atoms with van der Waals surface area (Å²) in [5.74, 6) is -10.6. The van der Waals surface area contributed by atoms with E-state index in [0.717, 1.165) is 7.11 Å². The van der Waals surface area contributed by atoms with Gasteiger partial charge in [0.25, 0.3) is 5.91 Å². The molecule has 29 heavy (non-hydrogen) atoms. The van der Waals surface area contributed by atoms with Crippen molar-refractivity contribution in [3.8, 4) is 11.5 Å². The van der Waals surface area contributed by atoms with Gasteiger partial charge in [-0.3, -0.25) is 9.59 Å². The van der Waals surface area contributed by atoms with Crippen LogP contribution in [0.3, 0.4) is 0 Å². The second-order valence-corrected chi connectivity index (χ2v) is 6.18. The number of ether oxygens (including phenoxy) is 2. The van der Waals surface area contributed by atoms with Crippen molar-refractivity contribution in [2.75, 3.05) is 24.9 Å². The second kappa shape index (κ2) is 8.80. The first-order valence-corrected chi connectivity index (χ1v) is 8.32. The topological polar surface area (TPSA) is 76.7 Å². The van der Waals surface area contributed by atoms with Crippen LogP contribution in [0.2, 0.25) is 0 Å². The van der Waals surface area contributed by atoms with Crippen molar-refractivity contribution in [2.45, 2.75) is 13.8 Å². The molecule has 0 aromatic heterocycles. The number of halogens is 4. The molecule has 0 spiro atoms. The van der Waals surface area contributed by atoms with Crippen molar-refractivity contribution < 1.29 is 36.6 Å². The Morgan fingerprint density at radius 3 is 1.97 bits per heavy atom. The maximum absolute atomic E-state index is 14.1. The average molecular weight is 414 g/mol. The summed E-state index contributed by atoms with van der Waals surface area (Å²) in [4.78, 5) is 24.1. The summed E-state index contributed by atoms with van der Waals surface area (Å²) >= 11 is 0. The third-order valence-corrected chi connectivity index (χ3v) is 3.90. The Labute approximate surface area is 163 Å². The first-order chi connectivity index (χ1) is 13.6. The summed E-state index contributed by atoms with van der Waals surface area (Å²) in [6, 6.07) is 3.96. The first kappa shape index (κ1) is 22.0. The molecule has 0 aliphatic rings. The third kappa shape index (κ3) is 4.41. The van der Waals surface area contributed by atoms with Gasteiger partial charge in [-0.2, -0.15) is 8.78 Å². The van der Waals surface area contributed by atoms with Gasteiger partial charge in [-0.1, -0.05) is 13.8 Å². The van der Waals surface area contributed by atoms with Crippen molar-refractivity contribution in [3.05, 3.63) is 47.0 Å². The van der Waals surface area contributed by atoms with Gasteiger partial charge in [0.1, 0.15) is 11.3 Å². The number of anilines is 2. The van der Waals surface area contributed by atoms with Crippen LogP contribution < -0.4 is 20.1 Å². The minimum Gasteiger partial charge on any atom is -0.494 e. The normalized spacial score (nSPS) is 10.7. The zero-order chi connectivity index (χ0) is 21.9. The molecule has 10 heteroatoms. The van der Waals surface area contributed by atoms with E-state index in [-0.39, 0.29) is 23.3 Å². The van der Waals surface area contributed by atoms with Gasteiger partial charge in [-0.15, -0.1) is 0 Å². The summed E-state index contributed by atoms with van der Waals surface area (Å²) in [7, 11) is 2.13. The van der Waals surface area contributed by atoms with Crippen molar-refractivity contribution in [1.82, 2.24) is 0 Å². The molecule has 6 nitrogen and oxygen atoms in total. The Morgan fingerprint density at radius 2 is 1.48 bits per heavy atom. The maximum Gasteiger partial charge on any atom is 0.261 e. The van der Waals surface area contributed by atoms with Gasteiger partial charge in [0.2, 0.25) is 17.5 Å². The first-order valence-electron chi connectivity index (χ1n) is 8.32. The number of hydrogen-bond acceptors (Lipinski definition) is 4. The highest BCUT2D eigenvalue weighted by atomic mass is 19.2. The van der Waals surface area contributed by atoms with E-state index in [4.69, 9.17) is 4.74 Å². The van der Waals surface area contributed by atoms with E-state index in [0.29, 0.717) is 5.69 Å². The van der Waals surface area contributed by atoms with E-state index in [1.54, 1.807) is 13.8 Å².